The van der Waals surface area contributed by atoms with Crippen molar-refractivity contribution in [2.75, 3.05) is 26.2 Å². The van der Waals surface area contributed by atoms with Crippen molar-refractivity contribution in [1.82, 2.24) is 9.88 Å². The predicted octanol–water partition coefficient (Wildman–Crippen LogP) is 4.74. The molecule has 0 aliphatic carbocycles. The van der Waals surface area contributed by atoms with Gasteiger partial charge in [-0.15, -0.1) is 0 Å². The summed E-state index contributed by atoms with van der Waals surface area (Å²) in [4.78, 5) is 6.07. The number of aromatic nitrogens is 1. The molecule has 3 fully saturated rings. The number of H-pyrrole nitrogens is 1. The third-order valence-electron chi connectivity index (χ3n) is 5.96. The number of rotatable bonds is 3. The molecule has 2 aromatic carbocycles. The number of benzene rings is 2. The topological polar surface area (TPSA) is 28.3 Å². The third kappa shape index (κ3) is 2.63. The molecule has 0 radical (unpaired) electrons. The molecule has 3 saturated heterocycles. The zero-order valence-corrected chi connectivity index (χ0v) is 14.7. The second-order valence-corrected chi connectivity index (χ2v) is 7.52. The van der Waals surface area contributed by atoms with Crippen LogP contribution in [0.15, 0.2) is 53.6 Å². The van der Waals surface area contributed by atoms with Crippen molar-refractivity contribution in [3.8, 4) is 5.75 Å². The lowest BCUT2D eigenvalue weighted by atomic mass is 9.81. The monoisotopic (exact) mass is 332 g/mol. The van der Waals surface area contributed by atoms with Crippen LogP contribution in [-0.4, -0.2) is 36.1 Å². The molecular weight excluding hydrogens is 308 g/mol. The standard InChI is InChI=1S/C22H24N2O/c1-15(20-13-24-10-8-16(20)9-11-24)14-25-17-6-7-19-18-4-2-3-5-21(18)23-22(19)12-17/h2-7,12,16,23H,8-11,13-14H2,1H3/b20-15+. The zero-order valence-electron chi connectivity index (χ0n) is 14.7. The van der Waals surface area contributed by atoms with Crippen molar-refractivity contribution >= 4 is 21.8 Å². The Labute approximate surface area is 148 Å². The smallest absolute Gasteiger partial charge is 0.121 e. The van der Waals surface area contributed by atoms with Gasteiger partial charge in [0, 0.05) is 28.9 Å². The van der Waals surface area contributed by atoms with Crippen molar-refractivity contribution in [3.05, 3.63) is 53.6 Å². The fourth-order valence-corrected chi connectivity index (χ4v) is 4.50. The van der Waals surface area contributed by atoms with E-state index in [1.165, 1.54) is 47.8 Å². The van der Waals surface area contributed by atoms with Crippen LogP contribution in [0.4, 0.5) is 0 Å². The lowest BCUT2D eigenvalue weighted by Crippen LogP contribution is -2.43. The highest BCUT2D eigenvalue weighted by molar-refractivity contribution is 6.07. The van der Waals surface area contributed by atoms with Crippen molar-refractivity contribution in [3.63, 3.8) is 0 Å². The molecule has 3 nitrogen and oxygen atoms in total. The van der Waals surface area contributed by atoms with Gasteiger partial charge in [-0.1, -0.05) is 23.8 Å². The molecule has 3 heteroatoms. The summed E-state index contributed by atoms with van der Waals surface area (Å²) in [6, 6.07) is 14.8. The second-order valence-electron chi connectivity index (χ2n) is 7.52. The summed E-state index contributed by atoms with van der Waals surface area (Å²) in [5.41, 5.74) is 5.38. The first-order valence-electron chi connectivity index (χ1n) is 9.32. The Morgan fingerprint density at radius 1 is 1.08 bits per heavy atom. The molecule has 0 atom stereocenters. The highest BCUT2D eigenvalue weighted by atomic mass is 16.5. The molecule has 0 amide bonds. The first kappa shape index (κ1) is 15.0. The predicted molar refractivity (Wildman–Crippen MR) is 103 cm³/mol. The van der Waals surface area contributed by atoms with E-state index in [1.807, 2.05) is 0 Å². The number of piperidine rings is 3. The number of nitrogens with zero attached hydrogens (tertiary/aromatic N) is 1. The summed E-state index contributed by atoms with van der Waals surface area (Å²) in [5, 5.41) is 2.53. The average molecular weight is 332 g/mol. The second kappa shape index (κ2) is 5.92. The zero-order chi connectivity index (χ0) is 16.8. The van der Waals surface area contributed by atoms with E-state index in [1.54, 1.807) is 5.57 Å². The number of para-hydroxylation sites is 1. The van der Waals surface area contributed by atoms with Crippen LogP contribution in [0, 0.1) is 5.92 Å². The lowest BCUT2D eigenvalue weighted by Gasteiger charge is -2.42. The van der Waals surface area contributed by atoms with Crippen molar-refractivity contribution in [1.29, 1.82) is 0 Å². The highest BCUT2D eigenvalue weighted by Gasteiger charge is 2.30. The van der Waals surface area contributed by atoms with Crippen molar-refractivity contribution < 1.29 is 4.74 Å². The molecule has 2 bridgehead atoms. The van der Waals surface area contributed by atoms with Crippen LogP contribution in [0.3, 0.4) is 0 Å². The molecule has 6 rings (SSSR count). The molecule has 0 spiro atoms. The molecule has 3 aliphatic heterocycles. The first-order chi connectivity index (χ1) is 12.3. The minimum Gasteiger partial charge on any atom is -0.489 e. The van der Waals surface area contributed by atoms with Crippen LogP contribution in [0.1, 0.15) is 19.8 Å². The Hall–Kier alpha value is -2.26. The number of fused-ring (bicyclic) bond motifs is 6. The summed E-state index contributed by atoms with van der Waals surface area (Å²) in [6.45, 7) is 6.66. The van der Waals surface area contributed by atoms with E-state index in [4.69, 9.17) is 4.74 Å². The van der Waals surface area contributed by atoms with Gasteiger partial charge < -0.3 is 9.72 Å². The Balaban J connectivity index is 1.38. The Morgan fingerprint density at radius 3 is 2.68 bits per heavy atom. The molecule has 1 aromatic heterocycles. The molecule has 128 valence electrons. The van der Waals surface area contributed by atoms with Crippen molar-refractivity contribution in [2.45, 2.75) is 19.8 Å². The SMILES string of the molecule is C/C(COc1ccc2c(c1)[nH]c1ccccc12)=C1/CN2CCC1CC2. The van der Waals surface area contributed by atoms with Crippen LogP contribution in [-0.2, 0) is 0 Å². The maximum Gasteiger partial charge on any atom is 0.121 e. The third-order valence-corrected chi connectivity index (χ3v) is 5.96. The van der Waals surface area contributed by atoms with E-state index in [2.05, 4.69) is 59.3 Å². The molecule has 0 unspecified atom stereocenters. The normalized spacial score (nSPS) is 24.8. The van der Waals surface area contributed by atoms with Crippen LogP contribution in [0.2, 0.25) is 0 Å². The first-order valence-corrected chi connectivity index (χ1v) is 9.32. The summed E-state index contributed by atoms with van der Waals surface area (Å²) in [6.07, 6.45) is 2.65. The fraction of sp³-hybridized carbons (Fsp3) is 0.364. The molecule has 3 aliphatic rings. The van der Waals surface area contributed by atoms with Crippen LogP contribution >= 0.6 is 0 Å². The maximum absolute atomic E-state index is 6.14. The highest BCUT2D eigenvalue weighted by Crippen LogP contribution is 2.34. The number of hydrogen-bond acceptors (Lipinski definition) is 2. The van der Waals surface area contributed by atoms with Crippen LogP contribution in [0.5, 0.6) is 5.75 Å². The van der Waals surface area contributed by atoms with E-state index in [0.717, 1.165) is 23.7 Å². The summed E-state index contributed by atoms with van der Waals surface area (Å²) in [7, 11) is 0. The fourth-order valence-electron chi connectivity index (χ4n) is 4.50. The number of hydrogen-bond donors (Lipinski definition) is 1. The van der Waals surface area contributed by atoms with Gasteiger partial charge >= 0.3 is 0 Å². The average Bonchev–Trinajstić information content (AvgIpc) is 3.04. The minimum atomic E-state index is 0.700. The Bertz CT molecular complexity index is 960. The van der Waals surface area contributed by atoms with Gasteiger partial charge in [0.25, 0.3) is 0 Å². The van der Waals surface area contributed by atoms with Crippen LogP contribution < -0.4 is 4.74 Å². The number of nitrogens with one attached hydrogen (secondary N) is 1. The van der Waals surface area contributed by atoms with Gasteiger partial charge in [-0.2, -0.15) is 0 Å². The van der Waals surface area contributed by atoms with Gasteiger partial charge in [-0.05, 0) is 62.5 Å². The summed E-state index contributed by atoms with van der Waals surface area (Å²) < 4.78 is 6.14. The van der Waals surface area contributed by atoms with E-state index < -0.39 is 0 Å². The number of ether oxygens (including phenoxy) is 1. The van der Waals surface area contributed by atoms with E-state index in [-0.39, 0.29) is 0 Å². The molecular formula is C22H24N2O. The van der Waals surface area contributed by atoms with Gasteiger partial charge in [0.1, 0.15) is 12.4 Å². The van der Waals surface area contributed by atoms with E-state index in [9.17, 15) is 0 Å². The van der Waals surface area contributed by atoms with E-state index >= 15 is 0 Å². The van der Waals surface area contributed by atoms with Gasteiger partial charge in [-0.3, -0.25) is 4.90 Å². The minimum absolute atomic E-state index is 0.700. The largest absolute Gasteiger partial charge is 0.489 e. The van der Waals surface area contributed by atoms with Gasteiger partial charge in [-0.25, -0.2) is 0 Å². The molecule has 0 saturated carbocycles. The molecule has 1 N–H and O–H groups in total. The van der Waals surface area contributed by atoms with Crippen molar-refractivity contribution in [2.24, 2.45) is 5.92 Å². The summed E-state index contributed by atoms with van der Waals surface area (Å²) >= 11 is 0. The summed E-state index contributed by atoms with van der Waals surface area (Å²) in [5.74, 6) is 1.74. The molecule has 4 heterocycles. The van der Waals surface area contributed by atoms with Gasteiger partial charge in [0.05, 0.1) is 5.52 Å². The van der Waals surface area contributed by atoms with Gasteiger partial charge in [0.15, 0.2) is 0 Å². The number of aromatic amines is 1. The maximum atomic E-state index is 6.14. The Kier molecular flexibility index (Phi) is 3.56. The van der Waals surface area contributed by atoms with E-state index in [0.29, 0.717) is 6.61 Å². The van der Waals surface area contributed by atoms with Gasteiger partial charge in [0.2, 0.25) is 0 Å². The molecule has 3 aromatic rings. The quantitative estimate of drug-likeness (QED) is 0.702. The lowest BCUT2D eigenvalue weighted by molar-refractivity contribution is 0.158. The Morgan fingerprint density at radius 2 is 1.88 bits per heavy atom. The van der Waals surface area contributed by atoms with Crippen LogP contribution in [0.25, 0.3) is 21.8 Å². The molecule has 25 heavy (non-hydrogen) atoms.